The Morgan fingerprint density at radius 2 is 2.11 bits per heavy atom. The lowest BCUT2D eigenvalue weighted by Gasteiger charge is -2.20. The Morgan fingerprint density at radius 3 is 2.72 bits per heavy atom. The highest BCUT2D eigenvalue weighted by molar-refractivity contribution is 9.10. The predicted octanol–water partition coefficient (Wildman–Crippen LogP) is 2.77. The molecular weight excluding hydrogens is 292 g/mol. The summed E-state index contributed by atoms with van der Waals surface area (Å²) in [6.07, 6.45) is 2.25. The van der Waals surface area contributed by atoms with Crippen LogP contribution in [-0.2, 0) is 4.79 Å². The van der Waals surface area contributed by atoms with Gasteiger partial charge in [0.15, 0.2) is 0 Å². The van der Waals surface area contributed by atoms with Gasteiger partial charge in [-0.05, 0) is 44.4 Å². The van der Waals surface area contributed by atoms with Crippen LogP contribution in [0.2, 0.25) is 0 Å². The maximum Gasteiger partial charge on any atom is 0.237 e. The summed E-state index contributed by atoms with van der Waals surface area (Å²) in [5.41, 5.74) is 1.18. The molecule has 0 aromatic heterocycles. The van der Waals surface area contributed by atoms with E-state index in [-0.39, 0.29) is 18.0 Å². The van der Waals surface area contributed by atoms with Gasteiger partial charge in [-0.2, -0.15) is 0 Å². The lowest BCUT2D eigenvalue weighted by Crippen LogP contribution is -2.43. The summed E-state index contributed by atoms with van der Waals surface area (Å²) in [6, 6.07) is 8.55. The fraction of sp³-hybridized carbons (Fsp3) is 0.500. The Labute approximate surface area is 116 Å². The highest BCUT2D eigenvalue weighted by Gasteiger charge is 2.26. The zero-order valence-electron chi connectivity index (χ0n) is 10.7. The third kappa shape index (κ3) is 3.82. The van der Waals surface area contributed by atoms with Crippen molar-refractivity contribution in [3.8, 4) is 0 Å². The average molecular weight is 311 g/mol. The standard InChI is InChI=1S/C14H19BrN2O/c1-9(11-4-3-5-12(15)8-11)16-10(2)14(18)17-13-6-7-13/h3-5,8-10,13,16H,6-7H2,1-2H3,(H,17,18)/t9-,10?/m0/s1. The molecule has 18 heavy (non-hydrogen) atoms. The van der Waals surface area contributed by atoms with Crippen molar-refractivity contribution in [1.82, 2.24) is 10.6 Å². The molecule has 0 aliphatic heterocycles. The zero-order chi connectivity index (χ0) is 13.1. The number of rotatable bonds is 5. The molecule has 1 amide bonds. The van der Waals surface area contributed by atoms with Gasteiger partial charge in [-0.15, -0.1) is 0 Å². The van der Waals surface area contributed by atoms with Crippen LogP contribution in [-0.4, -0.2) is 18.0 Å². The van der Waals surface area contributed by atoms with Crippen LogP contribution >= 0.6 is 15.9 Å². The van der Waals surface area contributed by atoms with E-state index in [4.69, 9.17) is 0 Å². The summed E-state index contributed by atoms with van der Waals surface area (Å²) in [6.45, 7) is 3.98. The lowest BCUT2D eigenvalue weighted by atomic mass is 10.1. The molecule has 2 N–H and O–H groups in total. The Kier molecular flexibility index (Phi) is 4.40. The van der Waals surface area contributed by atoms with Crippen molar-refractivity contribution in [2.24, 2.45) is 0 Å². The third-order valence-electron chi connectivity index (χ3n) is 3.17. The monoisotopic (exact) mass is 310 g/mol. The quantitative estimate of drug-likeness (QED) is 0.878. The molecule has 1 aliphatic carbocycles. The van der Waals surface area contributed by atoms with E-state index in [2.05, 4.69) is 45.6 Å². The van der Waals surface area contributed by atoms with Crippen molar-refractivity contribution >= 4 is 21.8 Å². The van der Waals surface area contributed by atoms with Gasteiger partial charge in [0.05, 0.1) is 6.04 Å². The number of amides is 1. The van der Waals surface area contributed by atoms with Crippen molar-refractivity contribution in [1.29, 1.82) is 0 Å². The first-order valence-electron chi connectivity index (χ1n) is 6.38. The second kappa shape index (κ2) is 5.85. The minimum absolute atomic E-state index is 0.0966. The fourth-order valence-electron chi connectivity index (χ4n) is 1.88. The predicted molar refractivity (Wildman–Crippen MR) is 76.3 cm³/mol. The topological polar surface area (TPSA) is 41.1 Å². The number of carbonyl (C=O) groups is 1. The van der Waals surface area contributed by atoms with Crippen LogP contribution in [0, 0.1) is 0 Å². The summed E-state index contributed by atoms with van der Waals surface area (Å²) >= 11 is 3.46. The molecule has 1 aromatic rings. The van der Waals surface area contributed by atoms with Gasteiger partial charge in [0.25, 0.3) is 0 Å². The van der Waals surface area contributed by atoms with Crippen LogP contribution in [0.4, 0.5) is 0 Å². The second-order valence-electron chi connectivity index (χ2n) is 4.95. The zero-order valence-corrected chi connectivity index (χ0v) is 12.3. The average Bonchev–Trinajstić information content (AvgIpc) is 3.12. The van der Waals surface area contributed by atoms with Crippen LogP contribution in [0.5, 0.6) is 0 Å². The van der Waals surface area contributed by atoms with Gasteiger partial charge in [-0.3, -0.25) is 10.1 Å². The Morgan fingerprint density at radius 1 is 1.39 bits per heavy atom. The van der Waals surface area contributed by atoms with Gasteiger partial charge < -0.3 is 5.32 Å². The third-order valence-corrected chi connectivity index (χ3v) is 3.66. The van der Waals surface area contributed by atoms with Gasteiger partial charge in [-0.1, -0.05) is 28.1 Å². The van der Waals surface area contributed by atoms with Gasteiger partial charge in [0.1, 0.15) is 0 Å². The van der Waals surface area contributed by atoms with E-state index in [1.54, 1.807) is 0 Å². The van der Waals surface area contributed by atoms with Crippen LogP contribution < -0.4 is 10.6 Å². The van der Waals surface area contributed by atoms with Crippen LogP contribution in [0.3, 0.4) is 0 Å². The maximum absolute atomic E-state index is 11.8. The van der Waals surface area contributed by atoms with Gasteiger partial charge >= 0.3 is 0 Å². The summed E-state index contributed by atoms with van der Waals surface area (Å²) < 4.78 is 1.06. The van der Waals surface area contributed by atoms with Gasteiger partial charge in [0.2, 0.25) is 5.91 Å². The summed E-state index contributed by atoms with van der Waals surface area (Å²) in [4.78, 5) is 11.8. The number of carbonyl (C=O) groups excluding carboxylic acids is 1. The molecule has 0 spiro atoms. The van der Waals surface area contributed by atoms with Crippen molar-refractivity contribution in [2.45, 2.75) is 44.8 Å². The smallest absolute Gasteiger partial charge is 0.237 e. The molecule has 0 saturated heterocycles. The minimum Gasteiger partial charge on any atom is -0.352 e. The molecule has 1 fully saturated rings. The molecule has 0 bridgehead atoms. The van der Waals surface area contributed by atoms with Crippen LogP contribution in [0.15, 0.2) is 28.7 Å². The van der Waals surface area contributed by atoms with E-state index in [0.29, 0.717) is 6.04 Å². The first-order chi connectivity index (χ1) is 8.56. The first-order valence-corrected chi connectivity index (χ1v) is 7.17. The summed E-state index contributed by atoms with van der Waals surface area (Å²) in [5, 5.41) is 6.33. The number of hydrogen-bond donors (Lipinski definition) is 2. The Bertz CT molecular complexity index is 432. The fourth-order valence-corrected chi connectivity index (χ4v) is 2.29. The van der Waals surface area contributed by atoms with Crippen molar-refractivity contribution in [3.05, 3.63) is 34.3 Å². The molecule has 0 heterocycles. The van der Waals surface area contributed by atoms with Crippen molar-refractivity contribution in [3.63, 3.8) is 0 Å². The highest BCUT2D eigenvalue weighted by Crippen LogP contribution is 2.20. The molecule has 2 atom stereocenters. The highest BCUT2D eigenvalue weighted by atomic mass is 79.9. The molecule has 1 aromatic carbocycles. The van der Waals surface area contributed by atoms with E-state index in [0.717, 1.165) is 17.3 Å². The summed E-state index contributed by atoms with van der Waals surface area (Å²) in [7, 11) is 0. The molecule has 4 heteroatoms. The molecule has 1 saturated carbocycles. The normalized spacial score (nSPS) is 18.2. The minimum atomic E-state index is -0.167. The molecular formula is C14H19BrN2O. The van der Waals surface area contributed by atoms with E-state index < -0.39 is 0 Å². The molecule has 1 unspecified atom stereocenters. The van der Waals surface area contributed by atoms with E-state index in [1.165, 1.54) is 5.56 Å². The molecule has 98 valence electrons. The van der Waals surface area contributed by atoms with Crippen molar-refractivity contribution < 1.29 is 4.79 Å². The Hall–Kier alpha value is -0.870. The molecule has 1 aliphatic rings. The maximum atomic E-state index is 11.8. The number of nitrogens with one attached hydrogen (secondary N) is 2. The SMILES string of the molecule is CC(N[C@@H](C)c1cccc(Br)c1)C(=O)NC1CC1. The van der Waals surface area contributed by atoms with Gasteiger partial charge in [0, 0.05) is 16.6 Å². The molecule has 3 nitrogen and oxygen atoms in total. The first kappa shape index (κ1) is 13.6. The summed E-state index contributed by atoms with van der Waals surface area (Å²) in [5.74, 6) is 0.0966. The lowest BCUT2D eigenvalue weighted by molar-refractivity contribution is -0.123. The number of hydrogen-bond acceptors (Lipinski definition) is 2. The largest absolute Gasteiger partial charge is 0.352 e. The van der Waals surface area contributed by atoms with E-state index >= 15 is 0 Å². The van der Waals surface area contributed by atoms with E-state index in [9.17, 15) is 4.79 Å². The Balaban J connectivity index is 1.89. The van der Waals surface area contributed by atoms with Crippen LogP contribution in [0.1, 0.15) is 38.3 Å². The van der Waals surface area contributed by atoms with Crippen molar-refractivity contribution in [2.75, 3.05) is 0 Å². The number of halogens is 1. The second-order valence-corrected chi connectivity index (χ2v) is 5.86. The number of benzene rings is 1. The van der Waals surface area contributed by atoms with Gasteiger partial charge in [-0.25, -0.2) is 0 Å². The van der Waals surface area contributed by atoms with Crippen LogP contribution in [0.25, 0.3) is 0 Å². The molecule has 2 rings (SSSR count). The molecule has 0 radical (unpaired) electrons. The van der Waals surface area contributed by atoms with E-state index in [1.807, 2.05) is 19.1 Å².